The van der Waals surface area contributed by atoms with Crippen LogP contribution in [0.2, 0.25) is 5.02 Å². The van der Waals surface area contributed by atoms with Gasteiger partial charge in [-0.1, -0.05) is 63.9 Å². The van der Waals surface area contributed by atoms with Gasteiger partial charge in [0.1, 0.15) is 11.4 Å². The highest BCUT2D eigenvalue weighted by Crippen LogP contribution is 2.37. The molecule has 0 aliphatic carbocycles. The molecule has 5 rings (SSSR count). The molecule has 0 atom stereocenters. The van der Waals surface area contributed by atoms with Crippen LogP contribution in [-0.2, 0) is 0 Å². The fourth-order valence-corrected chi connectivity index (χ4v) is 5.24. The number of H-pyrrole nitrogens is 1. The Morgan fingerprint density at radius 2 is 1.81 bits per heavy atom. The van der Waals surface area contributed by atoms with Crippen molar-refractivity contribution in [3.8, 4) is 28.4 Å². The molecule has 10 heteroatoms. The quantitative estimate of drug-likeness (QED) is 0.0742. The fraction of sp³-hybridized carbons (Fsp3) is 0.0938. The molecule has 212 valence electrons. The number of carbonyl (C=O) groups is 2. The number of esters is 1. The van der Waals surface area contributed by atoms with E-state index in [4.69, 9.17) is 25.8 Å². The second-order valence-electron chi connectivity index (χ2n) is 9.01. The monoisotopic (exact) mass is 645 g/mol. The predicted molar refractivity (Wildman–Crippen MR) is 167 cm³/mol. The zero-order valence-corrected chi connectivity index (χ0v) is 25.0. The average molecular weight is 647 g/mol. The second-order valence-corrected chi connectivity index (χ2v) is 10.3. The number of ether oxygens (including phenoxy) is 3. The molecule has 5 aromatic rings. The molecule has 0 radical (unpaired) electrons. The zero-order chi connectivity index (χ0) is 29.6. The number of carbonyl (C=O) groups excluding carboxylic acids is 2. The summed E-state index contributed by atoms with van der Waals surface area (Å²) < 4.78 is 17.3. The lowest BCUT2D eigenvalue weighted by atomic mass is 10.0. The van der Waals surface area contributed by atoms with Gasteiger partial charge in [0.15, 0.2) is 11.5 Å². The number of benzene rings is 4. The minimum atomic E-state index is -0.553. The summed E-state index contributed by atoms with van der Waals surface area (Å²) in [6.45, 7) is 2.17. The summed E-state index contributed by atoms with van der Waals surface area (Å²) in [6, 6.07) is 24.9. The molecule has 0 spiro atoms. The topological polar surface area (TPSA) is 102 Å². The number of methoxy groups -OCH3 is 1. The zero-order valence-electron chi connectivity index (χ0n) is 22.6. The molecular formula is C32H25BrClN3O5. The summed E-state index contributed by atoms with van der Waals surface area (Å²) >= 11 is 9.98. The van der Waals surface area contributed by atoms with Gasteiger partial charge in [0.25, 0.3) is 5.91 Å². The largest absolute Gasteiger partial charge is 0.497 e. The molecular weight excluding hydrogens is 622 g/mol. The number of halogens is 2. The van der Waals surface area contributed by atoms with Crippen LogP contribution >= 0.6 is 27.5 Å². The molecule has 0 aliphatic heterocycles. The first-order valence-electron chi connectivity index (χ1n) is 12.9. The van der Waals surface area contributed by atoms with E-state index in [-0.39, 0.29) is 5.75 Å². The van der Waals surface area contributed by atoms with E-state index in [1.54, 1.807) is 48.5 Å². The van der Waals surface area contributed by atoms with Crippen molar-refractivity contribution in [2.24, 2.45) is 5.10 Å². The van der Waals surface area contributed by atoms with E-state index in [0.717, 1.165) is 15.4 Å². The van der Waals surface area contributed by atoms with Crippen molar-refractivity contribution < 1.29 is 23.8 Å². The van der Waals surface area contributed by atoms with Crippen LogP contribution < -0.4 is 19.6 Å². The van der Waals surface area contributed by atoms with Crippen molar-refractivity contribution in [1.29, 1.82) is 0 Å². The predicted octanol–water partition coefficient (Wildman–Crippen LogP) is 7.64. The molecule has 1 heterocycles. The van der Waals surface area contributed by atoms with Crippen LogP contribution in [0.3, 0.4) is 0 Å². The molecule has 42 heavy (non-hydrogen) atoms. The third-order valence-corrected chi connectivity index (χ3v) is 7.03. The normalized spacial score (nSPS) is 11.0. The Kier molecular flexibility index (Phi) is 8.90. The van der Waals surface area contributed by atoms with Gasteiger partial charge in [0.2, 0.25) is 0 Å². The number of fused-ring (bicyclic) bond motifs is 1. The van der Waals surface area contributed by atoms with Gasteiger partial charge >= 0.3 is 5.97 Å². The van der Waals surface area contributed by atoms with Gasteiger partial charge in [-0.3, -0.25) is 4.79 Å². The van der Waals surface area contributed by atoms with Crippen molar-refractivity contribution in [3.63, 3.8) is 0 Å². The number of aromatic amines is 1. The molecule has 1 aromatic heterocycles. The summed E-state index contributed by atoms with van der Waals surface area (Å²) in [6.07, 6.45) is 1.47. The first kappa shape index (κ1) is 28.9. The lowest BCUT2D eigenvalue weighted by molar-refractivity contribution is 0.0727. The number of nitrogens with one attached hydrogen (secondary N) is 2. The van der Waals surface area contributed by atoms with E-state index < -0.39 is 11.9 Å². The number of rotatable bonds is 9. The molecule has 2 N–H and O–H groups in total. The summed E-state index contributed by atoms with van der Waals surface area (Å²) in [5.41, 5.74) is 6.08. The molecule has 0 fully saturated rings. The second kappa shape index (κ2) is 12.9. The van der Waals surface area contributed by atoms with Gasteiger partial charge in [-0.2, -0.15) is 5.10 Å². The number of hydrazone groups is 1. The van der Waals surface area contributed by atoms with Crippen molar-refractivity contribution in [2.45, 2.75) is 6.92 Å². The van der Waals surface area contributed by atoms with Crippen molar-refractivity contribution in [1.82, 2.24) is 10.4 Å². The lowest BCUT2D eigenvalue weighted by Crippen LogP contribution is -2.18. The molecule has 0 saturated carbocycles. The van der Waals surface area contributed by atoms with Crippen molar-refractivity contribution >= 4 is 56.5 Å². The van der Waals surface area contributed by atoms with Gasteiger partial charge in [-0.05, 0) is 66.6 Å². The van der Waals surface area contributed by atoms with E-state index in [1.165, 1.54) is 13.3 Å². The maximum atomic E-state index is 13.3. The van der Waals surface area contributed by atoms with E-state index >= 15 is 0 Å². The summed E-state index contributed by atoms with van der Waals surface area (Å²) in [5, 5.41) is 5.44. The van der Waals surface area contributed by atoms with Crippen LogP contribution in [0.15, 0.2) is 94.5 Å². The number of nitrogens with zero attached hydrogens (tertiary/aromatic N) is 1. The van der Waals surface area contributed by atoms with Crippen LogP contribution in [0.5, 0.6) is 17.2 Å². The van der Waals surface area contributed by atoms with Crippen molar-refractivity contribution in [2.75, 3.05) is 13.7 Å². The summed E-state index contributed by atoms with van der Waals surface area (Å²) in [5.74, 6) is 0.152. The van der Waals surface area contributed by atoms with E-state index in [0.29, 0.717) is 51.0 Å². The SMILES string of the molecule is CCOc1cc(C=NNC(=O)c2[nH]c3c(Cl)cc(Br)cc3c2-c2ccccc2)ccc1OC(=O)c1cccc(OC)c1. The molecule has 8 nitrogen and oxygen atoms in total. The highest BCUT2D eigenvalue weighted by molar-refractivity contribution is 9.10. The standard InChI is InChI=1S/C32H25BrClN3O5/c1-3-41-27-14-19(12-13-26(27)42-32(39)21-10-7-11-23(15-21)40-2)18-35-37-31(38)30-28(20-8-5-4-6-9-20)24-16-22(33)17-25(34)29(24)36-30/h4-18,36H,3H2,1-2H3,(H,37,38). The van der Waals surface area contributed by atoms with Gasteiger partial charge < -0.3 is 19.2 Å². The highest BCUT2D eigenvalue weighted by Gasteiger charge is 2.21. The lowest BCUT2D eigenvalue weighted by Gasteiger charge is -2.11. The Bertz CT molecular complexity index is 1800. The molecule has 1 amide bonds. The number of amides is 1. The Morgan fingerprint density at radius 1 is 1.00 bits per heavy atom. The Balaban J connectivity index is 1.37. The van der Waals surface area contributed by atoms with Crippen LogP contribution in [0.25, 0.3) is 22.0 Å². The number of aromatic nitrogens is 1. The number of hydrogen-bond donors (Lipinski definition) is 2. The summed E-state index contributed by atoms with van der Waals surface area (Å²) in [7, 11) is 1.53. The molecule has 0 unspecified atom stereocenters. The maximum absolute atomic E-state index is 13.3. The molecule has 0 aliphatic rings. The Labute approximate surface area is 255 Å². The van der Waals surface area contributed by atoms with Crippen LogP contribution in [-0.4, -0.2) is 36.8 Å². The van der Waals surface area contributed by atoms with E-state index in [1.807, 2.05) is 43.3 Å². The van der Waals surface area contributed by atoms with Gasteiger partial charge in [0, 0.05) is 15.4 Å². The fourth-order valence-electron chi connectivity index (χ4n) is 4.38. The van der Waals surface area contributed by atoms with E-state index in [2.05, 4.69) is 31.4 Å². The average Bonchev–Trinajstić information content (AvgIpc) is 3.39. The van der Waals surface area contributed by atoms with Crippen LogP contribution in [0.1, 0.15) is 33.3 Å². The molecule has 0 bridgehead atoms. The maximum Gasteiger partial charge on any atom is 0.343 e. The first-order valence-corrected chi connectivity index (χ1v) is 14.1. The van der Waals surface area contributed by atoms with Gasteiger partial charge in [0.05, 0.1) is 36.0 Å². The third kappa shape index (κ3) is 6.32. The van der Waals surface area contributed by atoms with Gasteiger partial charge in [-0.15, -0.1) is 0 Å². The van der Waals surface area contributed by atoms with Gasteiger partial charge in [-0.25, -0.2) is 10.2 Å². The number of hydrogen-bond acceptors (Lipinski definition) is 6. The highest BCUT2D eigenvalue weighted by atomic mass is 79.9. The minimum absolute atomic E-state index is 0.250. The Hall–Kier alpha value is -4.60. The summed E-state index contributed by atoms with van der Waals surface area (Å²) in [4.78, 5) is 29.2. The van der Waals surface area contributed by atoms with E-state index in [9.17, 15) is 9.59 Å². The van der Waals surface area contributed by atoms with Crippen molar-refractivity contribution in [3.05, 3.63) is 111 Å². The molecule has 0 saturated heterocycles. The van der Waals surface area contributed by atoms with Crippen LogP contribution in [0, 0.1) is 0 Å². The van der Waals surface area contributed by atoms with Crippen LogP contribution in [0.4, 0.5) is 0 Å². The third-order valence-electron chi connectivity index (χ3n) is 6.27. The molecule has 4 aromatic carbocycles. The smallest absolute Gasteiger partial charge is 0.343 e. The first-order chi connectivity index (χ1) is 20.4. The minimum Gasteiger partial charge on any atom is -0.497 e. The Morgan fingerprint density at radius 3 is 2.57 bits per heavy atom.